The second-order valence-electron chi connectivity index (χ2n) is 4.56. The van der Waals surface area contributed by atoms with Crippen molar-refractivity contribution in [2.75, 3.05) is 13.2 Å². The molecule has 108 valence electrons. The third-order valence-electron chi connectivity index (χ3n) is 3.27. The van der Waals surface area contributed by atoms with Gasteiger partial charge in [-0.25, -0.2) is 9.78 Å². The van der Waals surface area contributed by atoms with Gasteiger partial charge < -0.3 is 14.4 Å². The van der Waals surface area contributed by atoms with Crippen LogP contribution in [-0.4, -0.2) is 33.8 Å². The van der Waals surface area contributed by atoms with Crippen LogP contribution in [0.15, 0.2) is 18.2 Å². The molecular weight excluding hydrogens is 256 g/mol. The van der Waals surface area contributed by atoms with Crippen molar-refractivity contribution in [1.82, 2.24) is 9.55 Å². The summed E-state index contributed by atoms with van der Waals surface area (Å²) in [4.78, 5) is 15.9. The van der Waals surface area contributed by atoms with Crippen LogP contribution in [0.2, 0.25) is 0 Å². The van der Waals surface area contributed by atoms with Crippen molar-refractivity contribution in [3.8, 4) is 0 Å². The SMILES string of the molecule is CCOCCCn1c(CC)nc2cccc(C(=O)O)c21. The van der Waals surface area contributed by atoms with E-state index in [0.717, 1.165) is 30.7 Å². The predicted octanol–water partition coefficient (Wildman–Crippen LogP) is 2.72. The quantitative estimate of drug-likeness (QED) is 0.790. The van der Waals surface area contributed by atoms with E-state index in [0.29, 0.717) is 24.3 Å². The Hall–Kier alpha value is -1.88. The average molecular weight is 276 g/mol. The van der Waals surface area contributed by atoms with Gasteiger partial charge >= 0.3 is 5.97 Å². The van der Waals surface area contributed by atoms with Gasteiger partial charge in [-0.05, 0) is 25.5 Å². The topological polar surface area (TPSA) is 64.4 Å². The van der Waals surface area contributed by atoms with E-state index in [1.54, 1.807) is 12.1 Å². The highest BCUT2D eigenvalue weighted by atomic mass is 16.5. The number of hydrogen-bond acceptors (Lipinski definition) is 3. The Bertz CT molecular complexity index is 604. The van der Waals surface area contributed by atoms with Gasteiger partial charge in [-0.15, -0.1) is 0 Å². The molecule has 0 aliphatic carbocycles. The molecule has 0 fully saturated rings. The number of aromatic nitrogens is 2. The molecule has 0 aliphatic rings. The van der Waals surface area contributed by atoms with Crippen LogP contribution >= 0.6 is 0 Å². The molecule has 0 atom stereocenters. The number of hydrogen-bond donors (Lipinski definition) is 1. The highest BCUT2D eigenvalue weighted by Crippen LogP contribution is 2.21. The van der Waals surface area contributed by atoms with E-state index in [9.17, 15) is 9.90 Å². The third-order valence-corrected chi connectivity index (χ3v) is 3.27. The summed E-state index contributed by atoms with van der Waals surface area (Å²) < 4.78 is 7.36. The van der Waals surface area contributed by atoms with Crippen LogP contribution in [0.5, 0.6) is 0 Å². The van der Waals surface area contributed by atoms with Gasteiger partial charge in [-0.3, -0.25) is 0 Å². The molecule has 0 saturated carbocycles. The first-order valence-corrected chi connectivity index (χ1v) is 6.98. The summed E-state index contributed by atoms with van der Waals surface area (Å²) in [6.07, 6.45) is 1.63. The molecule has 1 aromatic carbocycles. The minimum atomic E-state index is -0.913. The van der Waals surface area contributed by atoms with Crippen molar-refractivity contribution in [3.63, 3.8) is 0 Å². The lowest BCUT2D eigenvalue weighted by molar-refractivity contribution is 0.0698. The number of carbonyl (C=O) groups is 1. The van der Waals surface area contributed by atoms with E-state index < -0.39 is 5.97 Å². The van der Waals surface area contributed by atoms with Gasteiger partial charge in [0.25, 0.3) is 0 Å². The predicted molar refractivity (Wildman–Crippen MR) is 77.2 cm³/mol. The molecule has 1 heterocycles. The van der Waals surface area contributed by atoms with Crippen molar-refractivity contribution >= 4 is 17.0 Å². The zero-order valence-electron chi connectivity index (χ0n) is 11.9. The maximum Gasteiger partial charge on any atom is 0.337 e. The van der Waals surface area contributed by atoms with Crippen molar-refractivity contribution in [1.29, 1.82) is 0 Å². The van der Waals surface area contributed by atoms with E-state index >= 15 is 0 Å². The summed E-state index contributed by atoms with van der Waals surface area (Å²) in [5.74, 6) is 0.00871. The fourth-order valence-corrected chi connectivity index (χ4v) is 2.39. The largest absolute Gasteiger partial charge is 0.478 e. The van der Waals surface area contributed by atoms with Crippen LogP contribution in [0.4, 0.5) is 0 Å². The van der Waals surface area contributed by atoms with Gasteiger partial charge in [-0.2, -0.15) is 0 Å². The lowest BCUT2D eigenvalue weighted by Gasteiger charge is -2.09. The number of fused-ring (bicyclic) bond motifs is 1. The van der Waals surface area contributed by atoms with Crippen LogP contribution in [0.3, 0.4) is 0 Å². The summed E-state index contributed by atoms with van der Waals surface area (Å²) in [7, 11) is 0. The number of nitrogens with zero attached hydrogens (tertiary/aromatic N) is 2. The van der Waals surface area contributed by atoms with Crippen LogP contribution < -0.4 is 0 Å². The molecule has 0 spiro atoms. The third kappa shape index (κ3) is 2.82. The standard InChI is InChI=1S/C15H20N2O3/c1-3-13-16-12-8-5-7-11(15(18)19)14(12)17(13)9-6-10-20-4-2/h5,7-8H,3-4,6,9-10H2,1-2H3,(H,18,19). The molecule has 2 rings (SSSR count). The summed E-state index contributed by atoms with van der Waals surface area (Å²) in [6, 6.07) is 5.23. The number of ether oxygens (including phenoxy) is 1. The molecule has 5 nitrogen and oxygen atoms in total. The number of para-hydroxylation sites is 1. The average Bonchev–Trinajstić information content (AvgIpc) is 2.81. The van der Waals surface area contributed by atoms with E-state index in [1.807, 2.05) is 24.5 Å². The number of imidazole rings is 1. The zero-order valence-corrected chi connectivity index (χ0v) is 11.9. The summed E-state index contributed by atoms with van der Waals surface area (Å²) in [5, 5.41) is 9.33. The van der Waals surface area contributed by atoms with Gasteiger partial charge in [0, 0.05) is 26.2 Å². The fourth-order valence-electron chi connectivity index (χ4n) is 2.39. The van der Waals surface area contributed by atoms with Crippen molar-refractivity contribution in [2.45, 2.75) is 33.2 Å². The maximum absolute atomic E-state index is 11.4. The molecule has 1 N–H and O–H groups in total. The summed E-state index contributed by atoms with van der Waals surface area (Å²) in [5.41, 5.74) is 1.78. The number of carboxylic acids is 1. The summed E-state index contributed by atoms with van der Waals surface area (Å²) >= 11 is 0. The van der Waals surface area contributed by atoms with Crippen LogP contribution in [0, 0.1) is 0 Å². The lowest BCUT2D eigenvalue weighted by atomic mass is 10.2. The van der Waals surface area contributed by atoms with Crippen LogP contribution in [0.25, 0.3) is 11.0 Å². The number of rotatable bonds is 7. The molecule has 0 aliphatic heterocycles. The first-order valence-electron chi connectivity index (χ1n) is 6.98. The molecule has 0 amide bonds. The van der Waals surface area contributed by atoms with E-state index in [2.05, 4.69) is 4.98 Å². The van der Waals surface area contributed by atoms with Crippen molar-refractivity contribution in [2.24, 2.45) is 0 Å². The van der Waals surface area contributed by atoms with Gasteiger partial charge in [0.15, 0.2) is 0 Å². The lowest BCUT2D eigenvalue weighted by Crippen LogP contribution is -2.08. The second-order valence-corrected chi connectivity index (χ2v) is 4.56. The van der Waals surface area contributed by atoms with Crippen molar-refractivity contribution in [3.05, 3.63) is 29.6 Å². The number of carboxylic acid groups (broad SMARTS) is 1. The first kappa shape index (κ1) is 14.5. The van der Waals surface area contributed by atoms with Crippen LogP contribution in [0.1, 0.15) is 36.5 Å². The number of benzene rings is 1. The number of aryl methyl sites for hydroxylation is 2. The molecule has 0 radical (unpaired) electrons. The Morgan fingerprint density at radius 1 is 1.40 bits per heavy atom. The Balaban J connectivity index is 2.41. The minimum absolute atomic E-state index is 0.311. The van der Waals surface area contributed by atoms with Gasteiger partial charge in [0.05, 0.1) is 16.6 Å². The molecule has 2 aromatic rings. The minimum Gasteiger partial charge on any atom is -0.478 e. The Morgan fingerprint density at radius 3 is 2.85 bits per heavy atom. The smallest absolute Gasteiger partial charge is 0.337 e. The van der Waals surface area contributed by atoms with E-state index in [1.165, 1.54) is 0 Å². The molecule has 0 unspecified atom stereocenters. The number of aromatic carboxylic acids is 1. The molecule has 0 bridgehead atoms. The van der Waals surface area contributed by atoms with Crippen LogP contribution in [-0.2, 0) is 17.7 Å². The Labute approximate surface area is 118 Å². The Morgan fingerprint density at radius 2 is 2.20 bits per heavy atom. The first-order chi connectivity index (χ1) is 9.69. The maximum atomic E-state index is 11.4. The highest BCUT2D eigenvalue weighted by molar-refractivity contribution is 6.01. The molecular formula is C15H20N2O3. The zero-order chi connectivity index (χ0) is 14.5. The molecule has 5 heteroatoms. The van der Waals surface area contributed by atoms with Gasteiger partial charge in [0.1, 0.15) is 5.82 Å². The molecule has 20 heavy (non-hydrogen) atoms. The highest BCUT2D eigenvalue weighted by Gasteiger charge is 2.16. The van der Waals surface area contributed by atoms with Gasteiger partial charge in [-0.1, -0.05) is 13.0 Å². The summed E-state index contributed by atoms with van der Waals surface area (Å²) in [6.45, 7) is 6.09. The normalized spacial score (nSPS) is 11.1. The molecule has 1 aromatic heterocycles. The second kappa shape index (κ2) is 6.52. The van der Waals surface area contributed by atoms with Gasteiger partial charge in [0.2, 0.25) is 0 Å². The monoisotopic (exact) mass is 276 g/mol. The Kier molecular flexibility index (Phi) is 4.74. The van der Waals surface area contributed by atoms with E-state index in [-0.39, 0.29) is 0 Å². The van der Waals surface area contributed by atoms with E-state index in [4.69, 9.17) is 4.74 Å². The fraction of sp³-hybridized carbons (Fsp3) is 0.467. The molecule has 0 saturated heterocycles. The van der Waals surface area contributed by atoms with Crippen molar-refractivity contribution < 1.29 is 14.6 Å².